The van der Waals surface area contributed by atoms with Gasteiger partial charge in [-0.05, 0) is 12.0 Å². The Balaban J connectivity index is 2.06. The monoisotopic (exact) mass is 216 g/mol. The maximum atomic E-state index is 13.1. The van der Waals surface area contributed by atoms with Gasteiger partial charge in [0.25, 0.3) is 0 Å². The van der Waals surface area contributed by atoms with Crippen LogP contribution in [0.15, 0.2) is 30.3 Å². The number of alkyl halides is 2. The van der Waals surface area contributed by atoms with E-state index < -0.39 is 10.4 Å². The van der Waals surface area contributed by atoms with Gasteiger partial charge in [0.2, 0.25) is 0 Å². The Morgan fingerprint density at radius 1 is 1.46 bits per heavy atom. The van der Waals surface area contributed by atoms with Gasteiger partial charge in [0, 0.05) is 5.75 Å². The van der Waals surface area contributed by atoms with E-state index in [9.17, 15) is 4.39 Å². The molecule has 0 N–H and O–H groups in total. The summed E-state index contributed by atoms with van der Waals surface area (Å²) in [6, 6.07) is 9.83. The average Bonchev–Trinajstić information content (AvgIpc) is 2.17. The van der Waals surface area contributed by atoms with E-state index in [1.807, 2.05) is 30.3 Å². The minimum absolute atomic E-state index is 0.629. The maximum absolute atomic E-state index is 13.1. The van der Waals surface area contributed by atoms with Crippen molar-refractivity contribution in [1.29, 1.82) is 0 Å². The van der Waals surface area contributed by atoms with Crippen molar-refractivity contribution in [3.63, 3.8) is 0 Å². The molecule has 0 aliphatic carbocycles. The SMILES string of the molecule is FC1SCC1(Cl)Cc1ccccc1. The van der Waals surface area contributed by atoms with Crippen LogP contribution in [-0.4, -0.2) is 16.1 Å². The molecule has 0 aromatic heterocycles. The Hall–Kier alpha value is -0.210. The second-order valence-corrected chi connectivity index (χ2v) is 5.11. The molecule has 1 aliphatic heterocycles. The molecule has 70 valence electrons. The summed E-state index contributed by atoms with van der Waals surface area (Å²) in [5.74, 6) is 0.713. The summed E-state index contributed by atoms with van der Waals surface area (Å²) in [6.45, 7) is 0. The summed E-state index contributed by atoms with van der Waals surface area (Å²) >= 11 is 7.38. The molecule has 0 saturated carbocycles. The normalized spacial score (nSPS) is 32.6. The highest BCUT2D eigenvalue weighted by atomic mass is 35.5. The molecule has 2 atom stereocenters. The zero-order chi connectivity index (χ0) is 9.31. The molecule has 1 saturated heterocycles. The summed E-state index contributed by atoms with van der Waals surface area (Å²) in [5.41, 5.74) is 0.204. The molecular formula is C10H10ClFS. The smallest absolute Gasteiger partial charge is 0.166 e. The first-order valence-electron chi connectivity index (χ1n) is 4.19. The molecule has 2 unspecified atom stereocenters. The van der Waals surface area contributed by atoms with E-state index in [2.05, 4.69) is 0 Å². The third-order valence-electron chi connectivity index (χ3n) is 2.22. The van der Waals surface area contributed by atoms with Gasteiger partial charge in [-0.25, -0.2) is 4.39 Å². The van der Waals surface area contributed by atoms with Crippen LogP contribution in [0.4, 0.5) is 4.39 Å². The van der Waals surface area contributed by atoms with Gasteiger partial charge in [0.05, 0.1) is 4.87 Å². The number of hydrogen-bond acceptors (Lipinski definition) is 1. The predicted molar refractivity (Wildman–Crippen MR) is 56.1 cm³/mol. The summed E-state index contributed by atoms with van der Waals surface area (Å²) in [6.07, 6.45) is 0.629. The van der Waals surface area contributed by atoms with Gasteiger partial charge in [0.15, 0.2) is 5.50 Å². The van der Waals surface area contributed by atoms with Gasteiger partial charge in [-0.1, -0.05) is 30.3 Å². The molecule has 0 radical (unpaired) electrons. The fourth-order valence-corrected chi connectivity index (χ4v) is 2.77. The highest BCUT2D eigenvalue weighted by molar-refractivity contribution is 8.01. The van der Waals surface area contributed by atoms with Crippen LogP contribution in [0.25, 0.3) is 0 Å². The molecule has 0 bridgehead atoms. The summed E-state index contributed by atoms with van der Waals surface area (Å²) in [7, 11) is 0. The summed E-state index contributed by atoms with van der Waals surface area (Å²) < 4.78 is 13.1. The second-order valence-electron chi connectivity index (χ2n) is 3.32. The zero-order valence-corrected chi connectivity index (χ0v) is 8.61. The number of halogens is 2. The first kappa shape index (κ1) is 9.35. The van der Waals surface area contributed by atoms with Gasteiger partial charge in [-0.3, -0.25) is 0 Å². The molecule has 2 rings (SSSR count). The number of hydrogen-bond donors (Lipinski definition) is 0. The average molecular weight is 217 g/mol. The predicted octanol–water partition coefficient (Wildman–Crippen LogP) is 3.25. The van der Waals surface area contributed by atoms with E-state index in [0.29, 0.717) is 12.2 Å². The molecule has 1 aromatic rings. The Bertz CT molecular complexity index is 290. The Kier molecular flexibility index (Phi) is 2.52. The molecular weight excluding hydrogens is 207 g/mol. The highest BCUT2D eigenvalue weighted by Crippen LogP contribution is 2.46. The van der Waals surface area contributed by atoms with Crippen molar-refractivity contribution in [2.24, 2.45) is 0 Å². The van der Waals surface area contributed by atoms with Crippen LogP contribution in [0.5, 0.6) is 0 Å². The van der Waals surface area contributed by atoms with Crippen molar-refractivity contribution in [2.45, 2.75) is 16.8 Å². The van der Waals surface area contributed by atoms with Crippen molar-refractivity contribution in [2.75, 3.05) is 5.75 Å². The van der Waals surface area contributed by atoms with Crippen LogP contribution >= 0.6 is 23.4 Å². The topological polar surface area (TPSA) is 0 Å². The Morgan fingerprint density at radius 3 is 2.62 bits per heavy atom. The second kappa shape index (κ2) is 3.50. The lowest BCUT2D eigenvalue weighted by Crippen LogP contribution is -2.45. The Labute approximate surface area is 86.5 Å². The minimum Gasteiger partial charge on any atom is -0.234 e. The van der Waals surface area contributed by atoms with E-state index in [4.69, 9.17) is 11.6 Å². The van der Waals surface area contributed by atoms with Gasteiger partial charge in [-0.2, -0.15) is 0 Å². The van der Waals surface area contributed by atoms with Crippen LogP contribution in [0, 0.1) is 0 Å². The molecule has 1 fully saturated rings. The lowest BCUT2D eigenvalue weighted by Gasteiger charge is -2.38. The molecule has 0 nitrogen and oxygen atoms in total. The fraction of sp³-hybridized carbons (Fsp3) is 0.400. The van der Waals surface area contributed by atoms with Crippen molar-refractivity contribution in [3.8, 4) is 0 Å². The summed E-state index contributed by atoms with van der Waals surface area (Å²) in [5, 5.41) is 0. The molecule has 1 aromatic carbocycles. The van der Waals surface area contributed by atoms with E-state index in [0.717, 1.165) is 5.56 Å². The number of benzene rings is 1. The minimum atomic E-state index is -0.908. The maximum Gasteiger partial charge on any atom is 0.166 e. The van der Waals surface area contributed by atoms with Crippen LogP contribution < -0.4 is 0 Å². The van der Waals surface area contributed by atoms with Gasteiger partial charge >= 0.3 is 0 Å². The number of thioether (sulfide) groups is 1. The van der Waals surface area contributed by atoms with Crippen molar-refractivity contribution in [1.82, 2.24) is 0 Å². The molecule has 3 heteroatoms. The molecule has 1 aliphatic rings. The molecule has 0 spiro atoms. The molecule has 1 heterocycles. The first-order chi connectivity index (χ1) is 6.21. The Morgan fingerprint density at radius 2 is 2.15 bits per heavy atom. The quantitative estimate of drug-likeness (QED) is 0.684. The lowest BCUT2D eigenvalue weighted by molar-refractivity contribution is 0.343. The summed E-state index contributed by atoms with van der Waals surface area (Å²) in [4.78, 5) is -0.647. The van der Waals surface area contributed by atoms with Crippen LogP contribution in [0.1, 0.15) is 5.56 Å². The van der Waals surface area contributed by atoms with Gasteiger partial charge in [0.1, 0.15) is 0 Å². The van der Waals surface area contributed by atoms with Gasteiger partial charge in [-0.15, -0.1) is 23.4 Å². The first-order valence-corrected chi connectivity index (χ1v) is 5.62. The molecule has 0 amide bonds. The third-order valence-corrected chi connectivity index (χ3v) is 4.39. The van der Waals surface area contributed by atoms with E-state index in [1.165, 1.54) is 11.8 Å². The fourth-order valence-electron chi connectivity index (χ4n) is 1.39. The zero-order valence-electron chi connectivity index (χ0n) is 7.04. The van der Waals surface area contributed by atoms with Crippen LogP contribution in [-0.2, 0) is 6.42 Å². The van der Waals surface area contributed by atoms with E-state index in [1.54, 1.807) is 0 Å². The van der Waals surface area contributed by atoms with Crippen molar-refractivity contribution < 1.29 is 4.39 Å². The van der Waals surface area contributed by atoms with Crippen molar-refractivity contribution in [3.05, 3.63) is 35.9 Å². The lowest BCUT2D eigenvalue weighted by atomic mass is 10.0. The molecule has 13 heavy (non-hydrogen) atoms. The highest BCUT2D eigenvalue weighted by Gasteiger charge is 2.46. The van der Waals surface area contributed by atoms with Crippen LogP contribution in [0.3, 0.4) is 0 Å². The standard InChI is InChI=1S/C10H10ClFS/c11-10(7-13-9(10)12)6-8-4-2-1-3-5-8/h1-5,9H,6-7H2. The van der Waals surface area contributed by atoms with E-state index in [-0.39, 0.29) is 0 Å². The van der Waals surface area contributed by atoms with E-state index >= 15 is 0 Å². The third kappa shape index (κ3) is 1.84. The number of rotatable bonds is 2. The largest absolute Gasteiger partial charge is 0.234 e. The van der Waals surface area contributed by atoms with Crippen molar-refractivity contribution >= 4 is 23.4 Å². The van der Waals surface area contributed by atoms with Crippen LogP contribution in [0.2, 0.25) is 0 Å². The van der Waals surface area contributed by atoms with Gasteiger partial charge < -0.3 is 0 Å².